The number of likely N-dealkylation sites (N-methyl/N-ethyl adjacent to an activating group) is 1. The number of aliphatic hydroxyl groups is 2. The quantitative estimate of drug-likeness (QED) is 0.304. The Balaban J connectivity index is 1.62. The maximum absolute atomic E-state index is 13.5. The summed E-state index contributed by atoms with van der Waals surface area (Å²) in [5, 5.41) is 29.8. The lowest BCUT2D eigenvalue weighted by Gasteiger charge is -2.30. The fourth-order valence-electron chi connectivity index (χ4n) is 6.07. The Morgan fingerprint density at radius 3 is 2.55 bits per heavy atom. The summed E-state index contributed by atoms with van der Waals surface area (Å²) < 4.78 is 11.1. The van der Waals surface area contributed by atoms with Gasteiger partial charge < -0.3 is 39.5 Å². The molecule has 3 N–H and O–H groups in total. The first kappa shape index (κ1) is 29.9. The molecule has 3 amide bonds. The van der Waals surface area contributed by atoms with Crippen molar-refractivity contribution >= 4 is 17.9 Å². The molecule has 2 fully saturated rings. The SMILES string of the molecule is CCCCN(CCCO)C(=O)CN1C[C@H](c2cc(CO)c3c(c2)OCO3)[C@@H](C(=O)O)[C@@H]1CCN1CCN(C)C1=O. The Bertz CT molecular complexity index is 1060. The second kappa shape index (κ2) is 13.5. The summed E-state index contributed by atoms with van der Waals surface area (Å²) in [6, 6.07) is 2.98. The molecule has 0 bridgehead atoms. The number of hydrogen-bond donors (Lipinski definition) is 3. The molecule has 1 aromatic rings. The molecule has 40 heavy (non-hydrogen) atoms. The van der Waals surface area contributed by atoms with Gasteiger partial charge in [-0.15, -0.1) is 0 Å². The van der Waals surface area contributed by atoms with Crippen molar-refractivity contribution in [3.63, 3.8) is 0 Å². The van der Waals surface area contributed by atoms with Crippen LogP contribution >= 0.6 is 0 Å². The van der Waals surface area contributed by atoms with Crippen molar-refractivity contribution in [2.75, 3.05) is 66.3 Å². The normalized spacial score (nSPS) is 22.4. The fourth-order valence-corrected chi connectivity index (χ4v) is 6.07. The molecule has 0 aliphatic carbocycles. The third-order valence-corrected chi connectivity index (χ3v) is 8.26. The monoisotopic (exact) mass is 562 g/mol. The van der Waals surface area contributed by atoms with Crippen LogP contribution in [0.25, 0.3) is 0 Å². The predicted octanol–water partition coefficient (Wildman–Crippen LogP) is 1.14. The molecule has 0 saturated carbocycles. The zero-order valence-corrected chi connectivity index (χ0v) is 23.5. The molecule has 222 valence electrons. The van der Waals surface area contributed by atoms with E-state index in [0.717, 1.165) is 12.8 Å². The van der Waals surface area contributed by atoms with Gasteiger partial charge in [0, 0.05) is 70.4 Å². The molecule has 0 radical (unpaired) electrons. The summed E-state index contributed by atoms with van der Waals surface area (Å²) in [5.74, 6) is -1.44. The van der Waals surface area contributed by atoms with E-state index in [2.05, 4.69) is 6.92 Å². The largest absolute Gasteiger partial charge is 0.481 e. The maximum atomic E-state index is 13.5. The summed E-state index contributed by atoms with van der Waals surface area (Å²) in [7, 11) is 1.74. The topological polar surface area (TPSA) is 143 Å². The molecule has 2 saturated heterocycles. The second-order valence-electron chi connectivity index (χ2n) is 10.8. The van der Waals surface area contributed by atoms with Gasteiger partial charge in [-0.05, 0) is 37.0 Å². The van der Waals surface area contributed by atoms with Gasteiger partial charge in [0.15, 0.2) is 11.5 Å². The highest BCUT2D eigenvalue weighted by atomic mass is 16.7. The highest BCUT2D eigenvalue weighted by molar-refractivity contribution is 5.79. The summed E-state index contributed by atoms with van der Waals surface area (Å²) in [6.07, 6.45) is 2.65. The Hall–Kier alpha value is -3.09. The van der Waals surface area contributed by atoms with Crippen molar-refractivity contribution in [1.82, 2.24) is 19.6 Å². The molecule has 3 atom stereocenters. The van der Waals surface area contributed by atoms with Crippen LogP contribution in [0, 0.1) is 5.92 Å². The van der Waals surface area contributed by atoms with Crippen molar-refractivity contribution < 1.29 is 39.2 Å². The number of carbonyl (C=O) groups is 3. The Labute approximate surface area is 235 Å². The van der Waals surface area contributed by atoms with Gasteiger partial charge in [0.1, 0.15) is 0 Å². The Morgan fingerprint density at radius 2 is 1.90 bits per heavy atom. The number of aliphatic carboxylic acids is 1. The summed E-state index contributed by atoms with van der Waals surface area (Å²) in [4.78, 5) is 45.9. The van der Waals surface area contributed by atoms with Crippen LogP contribution in [0.2, 0.25) is 0 Å². The number of ether oxygens (including phenoxy) is 2. The summed E-state index contributed by atoms with van der Waals surface area (Å²) in [5.41, 5.74) is 1.24. The molecule has 0 unspecified atom stereocenters. The van der Waals surface area contributed by atoms with E-state index in [1.54, 1.807) is 33.9 Å². The third-order valence-electron chi connectivity index (χ3n) is 8.26. The molecule has 3 heterocycles. The number of likely N-dealkylation sites (tertiary alicyclic amines) is 1. The van der Waals surface area contributed by atoms with E-state index in [1.807, 2.05) is 4.90 Å². The van der Waals surface area contributed by atoms with Gasteiger partial charge in [-0.25, -0.2) is 4.79 Å². The van der Waals surface area contributed by atoms with Crippen LogP contribution in [0.5, 0.6) is 11.5 Å². The number of carboxylic acids is 1. The van der Waals surface area contributed by atoms with Gasteiger partial charge in [-0.2, -0.15) is 0 Å². The van der Waals surface area contributed by atoms with Gasteiger partial charge >= 0.3 is 12.0 Å². The zero-order valence-electron chi connectivity index (χ0n) is 23.5. The molecular weight excluding hydrogens is 520 g/mol. The number of carboxylic acid groups (broad SMARTS) is 1. The number of unbranched alkanes of at least 4 members (excludes halogenated alkanes) is 1. The van der Waals surface area contributed by atoms with Crippen LogP contribution in [0.1, 0.15) is 49.7 Å². The molecule has 3 aliphatic rings. The number of benzene rings is 1. The molecule has 3 aliphatic heterocycles. The average Bonchev–Trinajstić information content (AvgIpc) is 3.64. The minimum Gasteiger partial charge on any atom is -0.481 e. The number of hydrogen-bond acceptors (Lipinski definition) is 8. The van der Waals surface area contributed by atoms with Gasteiger partial charge in [-0.3, -0.25) is 14.5 Å². The first-order valence-corrected chi connectivity index (χ1v) is 14.2. The lowest BCUT2D eigenvalue weighted by Crippen LogP contribution is -2.46. The molecule has 0 spiro atoms. The first-order chi connectivity index (χ1) is 19.3. The minimum absolute atomic E-state index is 0.0129. The van der Waals surface area contributed by atoms with Gasteiger partial charge in [0.2, 0.25) is 12.7 Å². The smallest absolute Gasteiger partial charge is 0.319 e. The summed E-state index contributed by atoms with van der Waals surface area (Å²) in [6.45, 7) is 4.77. The number of amides is 3. The van der Waals surface area contributed by atoms with Crippen molar-refractivity contribution in [2.24, 2.45) is 5.92 Å². The summed E-state index contributed by atoms with van der Waals surface area (Å²) >= 11 is 0. The van der Waals surface area contributed by atoms with Crippen LogP contribution in [0.3, 0.4) is 0 Å². The van der Waals surface area contributed by atoms with Crippen LogP contribution in [-0.4, -0.2) is 125 Å². The van der Waals surface area contributed by atoms with Crippen molar-refractivity contribution in [1.29, 1.82) is 0 Å². The van der Waals surface area contributed by atoms with E-state index in [9.17, 15) is 29.7 Å². The number of carbonyl (C=O) groups excluding carboxylic acids is 2. The zero-order chi connectivity index (χ0) is 28.8. The van der Waals surface area contributed by atoms with Crippen LogP contribution in [0.15, 0.2) is 12.1 Å². The third kappa shape index (κ3) is 6.45. The number of fused-ring (bicyclic) bond motifs is 1. The maximum Gasteiger partial charge on any atom is 0.319 e. The molecular formula is C28H42N4O8. The predicted molar refractivity (Wildman–Crippen MR) is 145 cm³/mol. The molecule has 4 rings (SSSR count). The van der Waals surface area contributed by atoms with Crippen molar-refractivity contribution in [3.8, 4) is 11.5 Å². The Morgan fingerprint density at radius 1 is 1.12 bits per heavy atom. The molecule has 0 aromatic heterocycles. The van der Waals surface area contributed by atoms with Crippen molar-refractivity contribution in [3.05, 3.63) is 23.3 Å². The number of nitrogens with zero attached hydrogens (tertiary/aromatic N) is 4. The number of urea groups is 1. The molecule has 1 aromatic carbocycles. The number of aliphatic hydroxyl groups excluding tert-OH is 2. The van der Waals surface area contributed by atoms with Gasteiger partial charge in [0.25, 0.3) is 0 Å². The minimum atomic E-state index is -0.971. The lowest BCUT2D eigenvalue weighted by atomic mass is 9.83. The molecule has 12 nitrogen and oxygen atoms in total. The second-order valence-corrected chi connectivity index (χ2v) is 10.8. The van der Waals surface area contributed by atoms with Crippen LogP contribution in [0.4, 0.5) is 4.79 Å². The van der Waals surface area contributed by atoms with Gasteiger partial charge in [0.05, 0.1) is 19.1 Å². The van der Waals surface area contributed by atoms with E-state index >= 15 is 0 Å². The van der Waals surface area contributed by atoms with Crippen molar-refractivity contribution in [2.45, 2.75) is 51.2 Å². The Kier molecular flexibility index (Phi) is 10.1. The van der Waals surface area contributed by atoms with E-state index in [1.165, 1.54) is 0 Å². The highest BCUT2D eigenvalue weighted by Gasteiger charge is 2.48. The fraction of sp³-hybridized carbons (Fsp3) is 0.679. The van der Waals surface area contributed by atoms with E-state index < -0.39 is 23.8 Å². The van der Waals surface area contributed by atoms with E-state index in [-0.39, 0.29) is 38.5 Å². The number of rotatable bonds is 14. The standard InChI is InChI=1S/C28H42N4O8/c1-3-4-7-30(8-5-12-33)24(35)16-32-15-21(19-13-20(17-34)26-23(14-19)39-18-40-26)25(27(36)37)22(32)6-9-31-11-10-29(2)28(31)38/h13-14,21-22,25,33-34H,3-12,15-18H2,1-2H3,(H,36,37)/t21-,22+,25-/m1/s1. The van der Waals surface area contributed by atoms with E-state index in [4.69, 9.17) is 9.47 Å². The van der Waals surface area contributed by atoms with Crippen LogP contribution in [-0.2, 0) is 16.2 Å². The average molecular weight is 563 g/mol. The van der Waals surface area contributed by atoms with E-state index in [0.29, 0.717) is 74.7 Å². The van der Waals surface area contributed by atoms with Crippen LogP contribution < -0.4 is 9.47 Å². The first-order valence-electron chi connectivity index (χ1n) is 14.2. The lowest BCUT2D eigenvalue weighted by molar-refractivity contribution is -0.144. The molecule has 12 heteroatoms. The van der Waals surface area contributed by atoms with Gasteiger partial charge in [-0.1, -0.05) is 13.3 Å². The highest BCUT2D eigenvalue weighted by Crippen LogP contribution is 2.44.